The van der Waals surface area contributed by atoms with Crippen LogP contribution in [0.3, 0.4) is 0 Å². The number of methoxy groups -OCH3 is 1. The maximum absolute atomic E-state index is 11.3. The van der Waals surface area contributed by atoms with Gasteiger partial charge in [0.25, 0.3) is 0 Å². The molecule has 0 amide bonds. The minimum Gasteiger partial charge on any atom is -0.463 e. The molecular formula is C15H17N3O4. The van der Waals surface area contributed by atoms with Gasteiger partial charge in [0.2, 0.25) is 11.7 Å². The first kappa shape index (κ1) is 13.5. The van der Waals surface area contributed by atoms with Gasteiger partial charge >= 0.3 is 5.97 Å². The molecule has 4 rings (SSSR count). The lowest BCUT2D eigenvalue weighted by Gasteiger charge is -2.36. The lowest BCUT2D eigenvalue weighted by Crippen LogP contribution is -2.44. The molecule has 0 bridgehead atoms. The van der Waals surface area contributed by atoms with Crippen LogP contribution >= 0.6 is 0 Å². The molecule has 2 fully saturated rings. The van der Waals surface area contributed by atoms with Crippen molar-refractivity contribution in [3.63, 3.8) is 0 Å². The number of esters is 1. The zero-order valence-electron chi connectivity index (χ0n) is 12.3. The van der Waals surface area contributed by atoms with Crippen LogP contribution in [0.15, 0.2) is 21.1 Å². The van der Waals surface area contributed by atoms with Crippen molar-refractivity contribution in [1.29, 1.82) is 0 Å². The highest BCUT2D eigenvalue weighted by molar-refractivity contribution is 5.86. The third-order valence-electron chi connectivity index (χ3n) is 4.13. The third-order valence-corrected chi connectivity index (χ3v) is 4.13. The van der Waals surface area contributed by atoms with Gasteiger partial charge in [0, 0.05) is 19.0 Å². The van der Waals surface area contributed by atoms with E-state index in [2.05, 4.69) is 19.8 Å². The van der Waals surface area contributed by atoms with Crippen LogP contribution in [0.1, 0.15) is 52.7 Å². The Morgan fingerprint density at radius 1 is 1.36 bits per heavy atom. The fourth-order valence-electron chi connectivity index (χ4n) is 2.67. The number of hydrogen-bond donors (Lipinski definition) is 0. The molecular weight excluding hydrogens is 286 g/mol. The van der Waals surface area contributed by atoms with Gasteiger partial charge in [0.1, 0.15) is 5.76 Å². The van der Waals surface area contributed by atoms with Crippen molar-refractivity contribution in [2.24, 2.45) is 0 Å². The maximum Gasteiger partial charge on any atom is 0.373 e. The third kappa shape index (κ3) is 2.52. The number of nitrogens with zero attached hydrogens (tertiary/aromatic N) is 3. The van der Waals surface area contributed by atoms with Gasteiger partial charge in [-0.05, 0) is 25.0 Å². The van der Waals surface area contributed by atoms with E-state index in [1.807, 2.05) is 0 Å². The Labute approximate surface area is 127 Å². The molecule has 1 aliphatic carbocycles. The molecule has 2 aromatic rings. The zero-order chi connectivity index (χ0) is 15.1. The van der Waals surface area contributed by atoms with Crippen molar-refractivity contribution < 1.29 is 18.5 Å². The Kier molecular flexibility index (Phi) is 3.22. The first-order valence-corrected chi connectivity index (χ1v) is 7.46. The van der Waals surface area contributed by atoms with Crippen molar-refractivity contribution in [3.8, 4) is 0 Å². The van der Waals surface area contributed by atoms with Crippen LogP contribution in [0, 0.1) is 0 Å². The predicted octanol–water partition coefficient (Wildman–Crippen LogP) is 1.93. The van der Waals surface area contributed by atoms with E-state index in [9.17, 15) is 4.79 Å². The van der Waals surface area contributed by atoms with Gasteiger partial charge < -0.3 is 13.7 Å². The topological polar surface area (TPSA) is 81.6 Å². The molecule has 7 heteroatoms. The van der Waals surface area contributed by atoms with E-state index in [4.69, 9.17) is 8.94 Å². The smallest absolute Gasteiger partial charge is 0.373 e. The Morgan fingerprint density at radius 2 is 2.18 bits per heavy atom. The lowest BCUT2D eigenvalue weighted by atomic mass is 10.00. The van der Waals surface area contributed by atoms with Crippen molar-refractivity contribution in [2.45, 2.75) is 31.2 Å². The largest absolute Gasteiger partial charge is 0.463 e. The Bertz CT molecular complexity index is 683. The van der Waals surface area contributed by atoms with Crippen molar-refractivity contribution >= 4 is 5.97 Å². The number of furan rings is 1. The molecule has 0 aromatic carbocycles. The molecule has 2 aromatic heterocycles. The number of carbonyl (C=O) groups is 1. The van der Waals surface area contributed by atoms with Crippen molar-refractivity contribution in [3.05, 3.63) is 35.4 Å². The zero-order valence-corrected chi connectivity index (χ0v) is 12.3. The second kappa shape index (κ2) is 5.24. The SMILES string of the molecule is COC(=O)c1ccc(CN2CC(c3nc(C4CC4)no3)C2)o1. The van der Waals surface area contributed by atoms with Crippen LogP contribution in [0.25, 0.3) is 0 Å². The number of ether oxygens (including phenoxy) is 1. The number of rotatable bonds is 5. The van der Waals surface area contributed by atoms with Gasteiger partial charge in [-0.2, -0.15) is 4.98 Å². The summed E-state index contributed by atoms with van der Waals surface area (Å²) in [6.45, 7) is 2.39. The second-order valence-electron chi connectivity index (χ2n) is 5.91. The van der Waals surface area contributed by atoms with E-state index in [0.29, 0.717) is 18.4 Å². The standard InChI is InChI=1S/C15H17N3O4/c1-20-15(19)12-5-4-11(21-12)8-18-6-10(7-18)14-16-13(17-22-14)9-2-3-9/h4-5,9-10H,2-3,6-8H2,1H3. The van der Waals surface area contributed by atoms with Gasteiger partial charge in [0.15, 0.2) is 5.82 Å². The molecule has 2 aliphatic rings. The number of carbonyl (C=O) groups excluding carboxylic acids is 1. The maximum atomic E-state index is 11.3. The van der Waals surface area contributed by atoms with Crippen LogP contribution < -0.4 is 0 Å². The van der Waals surface area contributed by atoms with E-state index in [1.54, 1.807) is 12.1 Å². The lowest BCUT2D eigenvalue weighted by molar-refractivity contribution is 0.0556. The molecule has 0 spiro atoms. The second-order valence-corrected chi connectivity index (χ2v) is 5.91. The number of aromatic nitrogens is 2. The summed E-state index contributed by atoms with van der Waals surface area (Å²) in [6, 6.07) is 3.44. The summed E-state index contributed by atoms with van der Waals surface area (Å²) in [5.41, 5.74) is 0. The van der Waals surface area contributed by atoms with Gasteiger partial charge in [-0.1, -0.05) is 5.16 Å². The van der Waals surface area contributed by atoms with Crippen LogP contribution in [0.4, 0.5) is 0 Å². The fraction of sp³-hybridized carbons (Fsp3) is 0.533. The summed E-state index contributed by atoms with van der Waals surface area (Å²) in [5.74, 6) is 2.97. The molecule has 7 nitrogen and oxygen atoms in total. The van der Waals surface area contributed by atoms with E-state index in [-0.39, 0.29) is 5.76 Å². The summed E-state index contributed by atoms with van der Waals surface area (Å²) < 4.78 is 15.4. The monoisotopic (exact) mass is 303 g/mol. The van der Waals surface area contributed by atoms with Gasteiger partial charge in [-0.15, -0.1) is 0 Å². The quantitative estimate of drug-likeness (QED) is 0.780. The minimum absolute atomic E-state index is 0.237. The highest BCUT2D eigenvalue weighted by atomic mass is 16.5. The van der Waals surface area contributed by atoms with E-state index in [1.165, 1.54) is 20.0 Å². The predicted molar refractivity (Wildman–Crippen MR) is 74.3 cm³/mol. The van der Waals surface area contributed by atoms with Crippen molar-refractivity contribution in [1.82, 2.24) is 15.0 Å². The normalized spacial score (nSPS) is 19.1. The molecule has 1 saturated heterocycles. The summed E-state index contributed by atoms with van der Waals surface area (Å²) >= 11 is 0. The van der Waals surface area contributed by atoms with Gasteiger partial charge in [-0.3, -0.25) is 4.90 Å². The first-order chi connectivity index (χ1) is 10.7. The Morgan fingerprint density at radius 3 is 2.91 bits per heavy atom. The van der Waals surface area contributed by atoms with E-state index < -0.39 is 5.97 Å². The summed E-state index contributed by atoms with van der Waals surface area (Å²) in [5, 5.41) is 4.05. The van der Waals surface area contributed by atoms with Gasteiger partial charge in [0.05, 0.1) is 19.6 Å². The minimum atomic E-state index is -0.453. The van der Waals surface area contributed by atoms with Crippen LogP contribution in [0.5, 0.6) is 0 Å². The summed E-state index contributed by atoms with van der Waals surface area (Å²) in [4.78, 5) is 18.0. The van der Waals surface area contributed by atoms with Crippen LogP contribution in [-0.4, -0.2) is 41.2 Å². The van der Waals surface area contributed by atoms with E-state index in [0.717, 1.165) is 30.6 Å². The molecule has 0 atom stereocenters. The molecule has 0 N–H and O–H groups in total. The number of likely N-dealkylation sites (tertiary alicyclic amines) is 1. The Hall–Kier alpha value is -2.15. The van der Waals surface area contributed by atoms with Crippen LogP contribution in [-0.2, 0) is 11.3 Å². The molecule has 1 aliphatic heterocycles. The molecule has 3 heterocycles. The first-order valence-electron chi connectivity index (χ1n) is 7.46. The highest BCUT2D eigenvalue weighted by Gasteiger charge is 2.35. The Balaban J connectivity index is 1.31. The van der Waals surface area contributed by atoms with E-state index >= 15 is 0 Å². The molecule has 0 radical (unpaired) electrons. The molecule has 1 saturated carbocycles. The van der Waals surface area contributed by atoms with Crippen molar-refractivity contribution in [2.75, 3.05) is 20.2 Å². The molecule has 116 valence electrons. The number of hydrogen-bond acceptors (Lipinski definition) is 7. The fourth-order valence-corrected chi connectivity index (χ4v) is 2.67. The molecule has 0 unspecified atom stereocenters. The summed E-state index contributed by atoms with van der Waals surface area (Å²) in [7, 11) is 1.34. The van der Waals surface area contributed by atoms with Gasteiger partial charge in [-0.25, -0.2) is 4.79 Å². The molecule has 22 heavy (non-hydrogen) atoms. The summed E-state index contributed by atoms with van der Waals surface area (Å²) in [6.07, 6.45) is 2.35. The average Bonchev–Trinajstić information content (AvgIpc) is 3.04. The average molecular weight is 303 g/mol. The van der Waals surface area contributed by atoms with Crippen LogP contribution in [0.2, 0.25) is 0 Å². The highest BCUT2D eigenvalue weighted by Crippen LogP contribution is 2.39.